The number of hydrogen-bond donors (Lipinski definition) is 0. The fraction of sp³-hybridized carbons (Fsp3) is 0.120. The lowest BCUT2D eigenvalue weighted by Crippen LogP contribution is -2.03. The molecule has 0 atom stereocenters. The first kappa shape index (κ1) is 17.4. The maximum Gasteiger partial charge on any atom is 0.119 e. The first-order chi connectivity index (χ1) is 14.3. The van der Waals surface area contributed by atoms with E-state index in [1.54, 1.807) is 0 Å². The number of rotatable bonds is 5. The van der Waals surface area contributed by atoms with Crippen molar-refractivity contribution in [3.8, 4) is 28.3 Å². The summed E-state index contributed by atoms with van der Waals surface area (Å²) in [5.41, 5.74) is 6.35. The van der Waals surface area contributed by atoms with E-state index in [9.17, 15) is 0 Å². The second kappa shape index (κ2) is 7.40. The number of hydrogen-bond acceptors (Lipinski definition) is 3. The zero-order chi connectivity index (χ0) is 19.6. The van der Waals surface area contributed by atoms with Gasteiger partial charge in [0.15, 0.2) is 0 Å². The Morgan fingerprint density at radius 3 is 2.31 bits per heavy atom. The molecule has 0 saturated heterocycles. The summed E-state index contributed by atoms with van der Waals surface area (Å²) in [6.07, 6.45) is 2.18. The lowest BCUT2D eigenvalue weighted by molar-refractivity contribution is 0.340. The third kappa shape index (κ3) is 3.23. The van der Waals surface area contributed by atoms with E-state index in [0.717, 1.165) is 45.7 Å². The van der Waals surface area contributed by atoms with Crippen molar-refractivity contribution in [2.24, 2.45) is 0 Å². The van der Waals surface area contributed by atoms with Crippen LogP contribution in [0, 0.1) is 0 Å². The highest BCUT2D eigenvalue weighted by atomic mass is 16.5. The van der Waals surface area contributed by atoms with Gasteiger partial charge in [0, 0.05) is 29.3 Å². The van der Waals surface area contributed by atoms with Crippen molar-refractivity contribution in [2.75, 3.05) is 6.61 Å². The van der Waals surface area contributed by atoms with Gasteiger partial charge in [-0.25, -0.2) is 0 Å². The molecule has 2 aliphatic rings. The van der Waals surface area contributed by atoms with Gasteiger partial charge in [0.1, 0.15) is 17.1 Å². The quantitative estimate of drug-likeness (QED) is 0.396. The summed E-state index contributed by atoms with van der Waals surface area (Å²) in [4.78, 5) is 0. The minimum atomic E-state index is 0.657. The molecule has 4 heteroatoms. The van der Waals surface area contributed by atoms with E-state index in [1.165, 1.54) is 5.56 Å². The first-order valence-corrected chi connectivity index (χ1v) is 9.85. The molecule has 0 bridgehead atoms. The molecule has 0 saturated carbocycles. The van der Waals surface area contributed by atoms with Crippen molar-refractivity contribution in [3.63, 3.8) is 0 Å². The largest absolute Gasteiger partial charge is 0.494 e. The van der Waals surface area contributed by atoms with E-state index in [1.807, 2.05) is 37.3 Å². The van der Waals surface area contributed by atoms with Crippen LogP contribution in [-0.4, -0.2) is 21.4 Å². The maximum atomic E-state index is 5.57. The van der Waals surface area contributed by atoms with Crippen LogP contribution >= 0.6 is 0 Å². The van der Waals surface area contributed by atoms with E-state index in [2.05, 4.69) is 69.5 Å². The standard InChI is InChI=1S/C25H21N3O/c1-2-29-20-14-12-19(13-15-20)24-22-17-28(16-18-8-4-3-5-9-18)23-11-7-6-10-21(23)25(22)27-26-24/h3-15,17H,2,16H2,1H3. The number of nitrogens with zero attached hydrogens (tertiary/aromatic N) is 3. The van der Waals surface area contributed by atoms with Crippen molar-refractivity contribution in [3.05, 3.63) is 90.6 Å². The number of aromatic nitrogens is 3. The Bertz CT molecular complexity index is 1230. The minimum Gasteiger partial charge on any atom is -0.494 e. The number of benzene rings is 3. The van der Waals surface area contributed by atoms with Crippen LogP contribution in [0.25, 0.3) is 33.4 Å². The number of ether oxygens (including phenoxy) is 1. The van der Waals surface area contributed by atoms with Gasteiger partial charge in [0.25, 0.3) is 0 Å². The summed E-state index contributed by atoms with van der Waals surface area (Å²) in [6.45, 7) is 3.44. The van der Waals surface area contributed by atoms with Crippen LogP contribution in [0.1, 0.15) is 12.5 Å². The van der Waals surface area contributed by atoms with Crippen molar-refractivity contribution >= 4 is 10.9 Å². The molecular formula is C25H21N3O. The van der Waals surface area contributed by atoms with E-state index in [4.69, 9.17) is 4.74 Å². The maximum absolute atomic E-state index is 5.57. The lowest BCUT2D eigenvalue weighted by Gasteiger charge is -2.15. The van der Waals surface area contributed by atoms with Gasteiger partial charge >= 0.3 is 0 Å². The Hall–Kier alpha value is -3.66. The van der Waals surface area contributed by atoms with Gasteiger partial charge in [-0.05, 0) is 42.8 Å². The van der Waals surface area contributed by atoms with Crippen LogP contribution in [0.4, 0.5) is 0 Å². The molecule has 2 heterocycles. The molecule has 0 spiro atoms. The molecule has 4 nitrogen and oxygen atoms in total. The Kier molecular flexibility index (Phi) is 4.45. The molecule has 0 amide bonds. The lowest BCUT2D eigenvalue weighted by atomic mass is 10.0. The molecule has 142 valence electrons. The smallest absolute Gasteiger partial charge is 0.119 e. The summed E-state index contributed by atoms with van der Waals surface area (Å²) < 4.78 is 7.85. The Morgan fingerprint density at radius 2 is 1.52 bits per heavy atom. The predicted molar refractivity (Wildman–Crippen MR) is 116 cm³/mol. The highest BCUT2D eigenvalue weighted by molar-refractivity contribution is 5.98. The summed E-state index contributed by atoms with van der Waals surface area (Å²) in [7, 11) is 0. The first-order valence-electron chi connectivity index (χ1n) is 9.85. The van der Waals surface area contributed by atoms with Gasteiger partial charge in [0.2, 0.25) is 0 Å². The third-order valence-electron chi connectivity index (χ3n) is 5.15. The summed E-state index contributed by atoms with van der Waals surface area (Å²) >= 11 is 0. The molecule has 0 unspecified atom stereocenters. The summed E-state index contributed by atoms with van der Waals surface area (Å²) in [5, 5.41) is 10.2. The van der Waals surface area contributed by atoms with Gasteiger partial charge in [-0.2, -0.15) is 0 Å². The molecule has 0 N–H and O–H groups in total. The van der Waals surface area contributed by atoms with Gasteiger partial charge in [-0.15, -0.1) is 10.2 Å². The van der Waals surface area contributed by atoms with E-state index in [-0.39, 0.29) is 0 Å². The van der Waals surface area contributed by atoms with Crippen LogP contribution < -0.4 is 4.74 Å². The second-order valence-corrected chi connectivity index (χ2v) is 7.03. The molecule has 2 aliphatic heterocycles. The fourth-order valence-electron chi connectivity index (χ4n) is 3.79. The van der Waals surface area contributed by atoms with Crippen LogP contribution in [0.2, 0.25) is 0 Å². The number of pyridine rings is 1. The highest BCUT2D eigenvalue weighted by Crippen LogP contribution is 2.37. The van der Waals surface area contributed by atoms with Gasteiger partial charge in [-0.3, -0.25) is 0 Å². The molecular weight excluding hydrogens is 358 g/mol. The monoisotopic (exact) mass is 379 g/mol. The predicted octanol–water partition coefficient (Wildman–Crippen LogP) is 5.65. The molecule has 5 rings (SSSR count). The van der Waals surface area contributed by atoms with E-state index >= 15 is 0 Å². The zero-order valence-electron chi connectivity index (χ0n) is 16.2. The van der Waals surface area contributed by atoms with Crippen molar-refractivity contribution in [2.45, 2.75) is 13.5 Å². The number of para-hydroxylation sites is 1. The Morgan fingerprint density at radius 1 is 0.793 bits per heavy atom. The average molecular weight is 379 g/mol. The molecule has 3 aromatic rings. The molecule has 0 aromatic heterocycles. The van der Waals surface area contributed by atoms with Gasteiger partial charge < -0.3 is 9.30 Å². The molecule has 3 aromatic carbocycles. The van der Waals surface area contributed by atoms with Crippen LogP contribution in [0.15, 0.2) is 85.1 Å². The zero-order valence-corrected chi connectivity index (χ0v) is 16.2. The second-order valence-electron chi connectivity index (χ2n) is 7.03. The fourth-order valence-corrected chi connectivity index (χ4v) is 3.79. The van der Waals surface area contributed by atoms with E-state index < -0.39 is 0 Å². The Balaban J connectivity index is 1.65. The highest BCUT2D eigenvalue weighted by Gasteiger charge is 2.20. The topological polar surface area (TPSA) is 39.9 Å². The normalized spacial score (nSPS) is 11.2. The van der Waals surface area contributed by atoms with Gasteiger partial charge in [-0.1, -0.05) is 48.5 Å². The average Bonchev–Trinajstić information content (AvgIpc) is 3.19. The summed E-state index contributed by atoms with van der Waals surface area (Å²) in [6, 6.07) is 27.0. The third-order valence-corrected chi connectivity index (χ3v) is 5.15. The summed E-state index contributed by atoms with van der Waals surface area (Å²) in [5.74, 6) is 0.865. The van der Waals surface area contributed by atoms with Crippen LogP contribution in [0.5, 0.6) is 5.75 Å². The SMILES string of the molecule is CCOc1ccc(-c2nnc3c4ccccc4n(Cc4ccccc4)cc2-3)cc1. The molecule has 0 aliphatic carbocycles. The number of fused-ring (bicyclic) bond motifs is 3. The Labute approximate surface area is 169 Å². The molecule has 0 fully saturated rings. The van der Waals surface area contributed by atoms with Gasteiger partial charge in [0.05, 0.1) is 12.1 Å². The van der Waals surface area contributed by atoms with Crippen LogP contribution in [-0.2, 0) is 6.54 Å². The van der Waals surface area contributed by atoms with Crippen molar-refractivity contribution < 1.29 is 4.74 Å². The van der Waals surface area contributed by atoms with E-state index in [0.29, 0.717) is 6.61 Å². The minimum absolute atomic E-state index is 0.657. The molecule has 0 radical (unpaired) electrons. The van der Waals surface area contributed by atoms with Crippen molar-refractivity contribution in [1.82, 2.24) is 14.8 Å². The molecule has 29 heavy (non-hydrogen) atoms. The van der Waals surface area contributed by atoms with Crippen molar-refractivity contribution in [1.29, 1.82) is 0 Å². The van der Waals surface area contributed by atoms with Crippen LogP contribution in [0.3, 0.4) is 0 Å².